The van der Waals surface area contributed by atoms with Crippen LogP contribution in [0.4, 0.5) is 0 Å². The van der Waals surface area contributed by atoms with E-state index in [-0.39, 0.29) is 5.56 Å². The highest BCUT2D eigenvalue weighted by molar-refractivity contribution is 5.06. The van der Waals surface area contributed by atoms with Gasteiger partial charge in [-0.1, -0.05) is 0 Å². The standard InChI is InChI=1S/C11H17N3O2/c1-14-11(15)5-4-10(13-14)16-8-9-3-2-6-12-7-9/h4-5,9,12H,2-3,6-8H2,1H3. The van der Waals surface area contributed by atoms with E-state index in [0.29, 0.717) is 18.4 Å². The van der Waals surface area contributed by atoms with E-state index >= 15 is 0 Å². The molecule has 2 heterocycles. The van der Waals surface area contributed by atoms with Gasteiger partial charge in [0.25, 0.3) is 5.56 Å². The first-order valence-corrected chi connectivity index (χ1v) is 5.63. The zero-order valence-corrected chi connectivity index (χ0v) is 9.48. The molecule has 0 bridgehead atoms. The topological polar surface area (TPSA) is 56.1 Å². The van der Waals surface area contributed by atoms with Crippen molar-refractivity contribution < 1.29 is 4.74 Å². The molecule has 1 fully saturated rings. The zero-order chi connectivity index (χ0) is 11.4. The summed E-state index contributed by atoms with van der Waals surface area (Å²) in [5.74, 6) is 1.07. The van der Waals surface area contributed by atoms with Crippen molar-refractivity contribution in [1.82, 2.24) is 15.1 Å². The molecule has 0 radical (unpaired) electrons. The lowest BCUT2D eigenvalue weighted by atomic mass is 10.0. The van der Waals surface area contributed by atoms with E-state index < -0.39 is 0 Å². The van der Waals surface area contributed by atoms with Gasteiger partial charge in [-0.15, -0.1) is 5.10 Å². The molecule has 2 rings (SSSR count). The Morgan fingerprint density at radius 1 is 1.62 bits per heavy atom. The summed E-state index contributed by atoms with van der Waals surface area (Å²) in [7, 11) is 1.62. The maximum Gasteiger partial charge on any atom is 0.266 e. The lowest BCUT2D eigenvalue weighted by molar-refractivity contribution is 0.208. The number of rotatable bonds is 3. The summed E-state index contributed by atoms with van der Waals surface area (Å²) in [6.07, 6.45) is 2.40. The van der Waals surface area contributed by atoms with Gasteiger partial charge in [-0.2, -0.15) is 0 Å². The summed E-state index contributed by atoms with van der Waals surface area (Å²) < 4.78 is 6.86. The average molecular weight is 223 g/mol. The second-order valence-corrected chi connectivity index (χ2v) is 4.16. The number of aryl methyl sites for hydroxylation is 1. The van der Waals surface area contributed by atoms with Gasteiger partial charge in [-0.25, -0.2) is 4.68 Å². The van der Waals surface area contributed by atoms with Gasteiger partial charge < -0.3 is 10.1 Å². The van der Waals surface area contributed by atoms with Crippen LogP contribution in [0.1, 0.15) is 12.8 Å². The van der Waals surface area contributed by atoms with E-state index in [2.05, 4.69) is 10.4 Å². The van der Waals surface area contributed by atoms with Crippen LogP contribution in [-0.4, -0.2) is 29.5 Å². The number of ether oxygens (including phenoxy) is 1. The minimum atomic E-state index is -0.119. The molecule has 1 saturated heterocycles. The van der Waals surface area contributed by atoms with Gasteiger partial charge in [-0.3, -0.25) is 4.79 Å². The van der Waals surface area contributed by atoms with Gasteiger partial charge in [0.2, 0.25) is 5.88 Å². The van der Waals surface area contributed by atoms with Crippen molar-refractivity contribution in [2.75, 3.05) is 19.7 Å². The van der Waals surface area contributed by atoms with E-state index in [0.717, 1.165) is 13.1 Å². The number of hydrogen-bond donors (Lipinski definition) is 1. The van der Waals surface area contributed by atoms with Gasteiger partial charge in [0, 0.05) is 31.6 Å². The molecule has 1 unspecified atom stereocenters. The minimum Gasteiger partial charge on any atom is -0.476 e. The van der Waals surface area contributed by atoms with Crippen LogP contribution < -0.4 is 15.6 Å². The number of piperidine rings is 1. The lowest BCUT2D eigenvalue weighted by Crippen LogP contribution is -2.33. The van der Waals surface area contributed by atoms with Gasteiger partial charge in [0.15, 0.2) is 0 Å². The second-order valence-electron chi connectivity index (χ2n) is 4.16. The predicted molar refractivity (Wildman–Crippen MR) is 60.6 cm³/mol. The van der Waals surface area contributed by atoms with E-state index in [1.165, 1.54) is 23.6 Å². The van der Waals surface area contributed by atoms with Crippen LogP contribution in [0.25, 0.3) is 0 Å². The predicted octanol–water partition coefficient (Wildman–Crippen LogP) is 0.159. The molecule has 5 nitrogen and oxygen atoms in total. The van der Waals surface area contributed by atoms with Crippen LogP contribution >= 0.6 is 0 Å². The molecule has 0 aromatic carbocycles. The Balaban J connectivity index is 1.88. The molecule has 1 aliphatic rings. The van der Waals surface area contributed by atoms with E-state index in [1.54, 1.807) is 13.1 Å². The first-order chi connectivity index (χ1) is 7.75. The molecular formula is C11H17N3O2. The van der Waals surface area contributed by atoms with Crippen molar-refractivity contribution in [2.24, 2.45) is 13.0 Å². The number of nitrogens with one attached hydrogen (secondary N) is 1. The number of nitrogens with zero attached hydrogens (tertiary/aromatic N) is 2. The third-order valence-electron chi connectivity index (χ3n) is 2.80. The lowest BCUT2D eigenvalue weighted by Gasteiger charge is -2.22. The second kappa shape index (κ2) is 5.12. The zero-order valence-electron chi connectivity index (χ0n) is 9.48. The highest BCUT2D eigenvalue weighted by atomic mass is 16.5. The molecule has 0 amide bonds. The van der Waals surface area contributed by atoms with Crippen LogP contribution in [0.5, 0.6) is 5.88 Å². The van der Waals surface area contributed by atoms with Crippen molar-refractivity contribution in [3.05, 3.63) is 22.5 Å². The molecule has 16 heavy (non-hydrogen) atoms. The van der Waals surface area contributed by atoms with Crippen molar-refractivity contribution in [3.8, 4) is 5.88 Å². The smallest absolute Gasteiger partial charge is 0.266 e. The molecule has 88 valence electrons. The summed E-state index contributed by atoms with van der Waals surface area (Å²) in [6, 6.07) is 3.10. The summed E-state index contributed by atoms with van der Waals surface area (Å²) in [4.78, 5) is 11.1. The molecule has 0 spiro atoms. The fraction of sp³-hybridized carbons (Fsp3) is 0.636. The van der Waals surface area contributed by atoms with Crippen molar-refractivity contribution in [3.63, 3.8) is 0 Å². The largest absolute Gasteiger partial charge is 0.476 e. The fourth-order valence-corrected chi connectivity index (χ4v) is 1.83. The molecule has 1 N–H and O–H groups in total. The molecular weight excluding hydrogens is 206 g/mol. The minimum absolute atomic E-state index is 0.119. The first kappa shape index (κ1) is 11.1. The Labute approximate surface area is 94.4 Å². The third kappa shape index (κ3) is 2.82. The van der Waals surface area contributed by atoms with Crippen LogP contribution in [0.2, 0.25) is 0 Å². The van der Waals surface area contributed by atoms with E-state index in [1.807, 2.05) is 0 Å². The highest BCUT2D eigenvalue weighted by Gasteiger charge is 2.13. The number of aromatic nitrogens is 2. The maximum atomic E-state index is 11.1. The Bertz CT molecular complexity index is 396. The van der Waals surface area contributed by atoms with E-state index in [4.69, 9.17) is 4.74 Å². The molecule has 0 saturated carbocycles. The molecule has 0 aliphatic carbocycles. The van der Waals surface area contributed by atoms with Crippen LogP contribution in [0, 0.1) is 5.92 Å². The maximum absolute atomic E-state index is 11.1. The Morgan fingerprint density at radius 2 is 2.50 bits per heavy atom. The van der Waals surface area contributed by atoms with E-state index in [9.17, 15) is 4.79 Å². The van der Waals surface area contributed by atoms with Gasteiger partial charge in [0.1, 0.15) is 0 Å². The van der Waals surface area contributed by atoms with Crippen LogP contribution in [0.15, 0.2) is 16.9 Å². The summed E-state index contributed by atoms with van der Waals surface area (Å²) >= 11 is 0. The summed E-state index contributed by atoms with van der Waals surface area (Å²) in [5, 5.41) is 7.35. The summed E-state index contributed by atoms with van der Waals surface area (Å²) in [5.41, 5.74) is -0.119. The fourth-order valence-electron chi connectivity index (χ4n) is 1.83. The monoisotopic (exact) mass is 223 g/mol. The van der Waals surface area contributed by atoms with Crippen molar-refractivity contribution >= 4 is 0 Å². The molecule has 1 atom stereocenters. The van der Waals surface area contributed by atoms with Crippen molar-refractivity contribution in [2.45, 2.75) is 12.8 Å². The Morgan fingerprint density at radius 3 is 3.19 bits per heavy atom. The van der Waals surface area contributed by atoms with Crippen LogP contribution in [-0.2, 0) is 7.05 Å². The number of hydrogen-bond acceptors (Lipinski definition) is 4. The highest BCUT2D eigenvalue weighted by Crippen LogP contribution is 2.11. The van der Waals surface area contributed by atoms with Gasteiger partial charge >= 0.3 is 0 Å². The normalized spacial score (nSPS) is 20.7. The molecule has 1 aliphatic heterocycles. The average Bonchev–Trinajstić information content (AvgIpc) is 2.32. The SMILES string of the molecule is Cn1nc(OCC2CCCNC2)ccc1=O. The van der Waals surface area contributed by atoms with Gasteiger partial charge in [0.05, 0.1) is 6.61 Å². The molecule has 1 aromatic heterocycles. The quantitative estimate of drug-likeness (QED) is 0.793. The van der Waals surface area contributed by atoms with Crippen molar-refractivity contribution in [1.29, 1.82) is 0 Å². The van der Waals surface area contributed by atoms with Gasteiger partial charge in [-0.05, 0) is 19.4 Å². The van der Waals surface area contributed by atoms with Crippen LogP contribution in [0.3, 0.4) is 0 Å². The Hall–Kier alpha value is -1.36. The third-order valence-corrected chi connectivity index (χ3v) is 2.80. The first-order valence-electron chi connectivity index (χ1n) is 5.63. The molecule has 5 heteroatoms. The summed E-state index contributed by atoms with van der Waals surface area (Å²) in [6.45, 7) is 2.78. The Kier molecular flexibility index (Phi) is 3.56. The molecule has 1 aromatic rings.